The second kappa shape index (κ2) is 7.47. The van der Waals surface area contributed by atoms with Crippen LogP contribution in [0.15, 0.2) is 41.3 Å². The van der Waals surface area contributed by atoms with E-state index in [1.807, 2.05) is 12.1 Å². The highest BCUT2D eigenvalue weighted by atomic mass is 32.2. The Morgan fingerprint density at radius 2 is 1.46 bits per heavy atom. The lowest BCUT2D eigenvalue weighted by Crippen LogP contribution is -2.22. The Morgan fingerprint density at radius 1 is 0.875 bits per heavy atom. The molecule has 0 aromatic heterocycles. The maximum Gasteiger partial charge on any atom is 0.242 e. The van der Waals surface area contributed by atoms with Crippen molar-refractivity contribution in [1.29, 1.82) is 0 Å². The fourth-order valence-electron chi connectivity index (χ4n) is 2.54. The Balaban J connectivity index is 2.00. The van der Waals surface area contributed by atoms with Gasteiger partial charge in [-0.05, 0) is 60.7 Å². The van der Waals surface area contributed by atoms with E-state index in [9.17, 15) is 8.42 Å². The molecule has 0 heterocycles. The van der Waals surface area contributed by atoms with Gasteiger partial charge in [-0.15, -0.1) is 0 Å². The van der Waals surface area contributed by atoms with Crippen LogP contribution in [0.2, 0.25) is 0 Å². The van der Waals surface area contributed by atoms with Gasteiger partial charge in [0.25, 0.3) is 0 Å². The van der Waals surface area contributed by atoms with Crippen molar-refractivity contribution in [3.8, 4) is 0 Å². The summed E-state index contributed by atoms with van der Waals surface area (Å²) >= 11 is 0. The molecule has 4 nitrogen and oxygen atoms in total. The van der Waals surface area contributed by atoms with Gasteiger partial charge in [-0.25, -0.2) is 12.7 Å². The van der Waals surface area contributed by atoms with E-state index in [0.29, 0.717) is 11.4 Å². The molecule has 0 atom stereocenters. The van der Waals surface area contributed by atoms with Gasteiger partial charge < -0.3 is 5.32 Å². The first kappa shape index (κ1) is 18.6. The summed E-state index contributed by atoms with van der Waals surface area (Å²) in [4.78, 5) is 0.321. The van der Waals surface area contributed by atoms with Gasteiger partial charge in [-0.3, -0.25) is 0 Å². The third-order valence-electron chi connectivity index (χ3n) is 4.30. The fourth-order valence-corrected chi connectivity index (χ4v) is 3.44. The minimum absolute atomic E-state index is 0.321. The molecule has 0 saturated carbocycles. The molecular weight excluding hydrogens is 320 g/mol. The Labute approximate surface area is 145 Å². The molecule has 0 bridgehead atoms. The van der Waals surface area contributed by atoms with Crippen LogP contribution in [0.5, 0.6) is 0 Å². The molecule has 2 rings (SSSR count). The number of hydrogen-bond acceptors (Lipinski definition) is 3. The van der Waals surface area contributed by atoms with Crippen molar-refractivity contribution in [3.05, 3.63) is 64.2 Å². The summed E-state index contributed by atoms with van der Waals surface area (Å²) in [5.74, 6) is 0. The number of nitrogens with zero attached hydrogens (tertiary/aromatic N) is 1. The van der Waals surface area contributed by atoms with E-state index in [4.69, 9.17) is 0 Å². The van der Waals surface area contributed by atoms with Crippen molar-refractivity contribution in [1.82, 2.24) is 9.62 Å². The van der Waals surface area contributed by atoms with E-state index >= 15 is 0 Å². The monoisotopic (exact) mass is 346 g/mol. The maximum absolute atomic E-state index is 12.0. The lowest BCUT2D eigenvalue weighted by Gasteiger charge is -2.13. The average molecular weight is 346 g/mol. The molecule has 2 aromatic carbocycles. The summed E-state index contributed by atoms with van der Waals surface area (Å²) in [5.41, 5.74) is 6.27. The van der Waals surface area contributed by atoms with Gasteiger partial charge in [0.05, 0.1) is 4.90 Å². The largest absolute Gasteiger partial charge is 0.309 e. The van der Waals surface area contributed by atoms with Crippen LogP contribution < -0.4 is 5.32 Å². The predicted molar refractivity (Wildman–Crippen MR) is 98.5 cm³/mol. The van der Waals surface area contributed by atoms with E-state index in [2.05, 4.69) is 38.2 Å². The van der Waals surface area contributed by atoms with Crippen molar-refractivity contribution in [2.75, 3.05) is 14.1 Å². The second-order valence-corrected chi connectivity index (χ2v) is 8.55. The van der Waals surface area contributed by atoms with Gasteiger partial charge in [0.15, 0.2) is 0 Å². The summed E-state index contributed by atoms with van der Waals surface area (Å²) in [6, 6.07) is 11.5. The third kappa shape index (κ3) is 4.23. The molecule has 0 unspecified atom stereocenters. The first-order chi connectivity index (χ1) is 11.2. The van der Waals surface area contributed by atoms with Gasteiger partial charge in [0.2, 0.25) is 10.0 Å². The molecular formula is C19H26N2O2S. The highest BCUT2D eigenvalue weighted by molar-refractivity contribution is 7.89. The van der Waals surface area contributed by atoms with Crippen LogP contribution in [0.1, 0.15) is 27.8 Å². The molecule has 0 amide bonds. The van der Waals surface area contributed by atoms with E-state index in [1.165, 1.54) is 40.7 Å². The second-order valence-electron chi connectivity index (χ2n) is 6.40. The third-order valence-corrected chi connectivity index (χ3v) is 6.13. The quantitative estimate of drug-likeness (QED) is 0.874. The van der Waals surface area contributed by atoms with Gasteiger partial charge >= 0.3 is 0 Å². The van der Waals surface area contributed by atoms with Crippen LogP contribution in [0.4, 0.5) is 0 Å². The van der Waals surface area contributed by atoms with Crippen molar-refractivity contribution in [3.63, 3.8) is 0 Å². The first-order valence-corrected chi connectivity index (χ1v) is 9.44. The van der Waals surface area contributed by atoms with Crippen LogP contribution in [0, 0.1) is 20.8 Å². The minimum atomic E-state index is -3.36. The summed E-state index contributed by atoms with van der Waals surface area (Å²) in [7, 11) is -0.282. The van der Waals surface area contributed by atoms with Crippen molar-refractivity contribution in [2.45, 2.75) is 38.8 Å². The lowest BCUT2D eigenvalue weighted by molar-refractivity contribution is 0.520. The van der Waals surface area contributed by atoms with Crippen molar-refractivity contribution in [2.24, 2.45) is 0 Å². The van der Waals surface area contributed by atoms with E-state index in [-0.39, 0.29) is 0 Å². The topological polar surface area (TPSA) is 49.4 Å². The Hall–Kier alpha value is -1.69. The molecule has 1 N–H and O–H groups in total. The smallest absolute Gasteiger partial charge is 0.242 e. The molecule has 24 heavy (non-hydrogen) atoms. The SMILES string of the molecule is Cc1cc(C)c(CNCc2ccc(S(=O)(=O)N(C)C)cc2)cc1C. The molecule has 0 aliphatic heterocycles. The zero-order valence-corrected chi connectivity index (χ0v) is 15.9. The molecule has 0 radical (unpaired) electrons. The lowest BCUT2D eigenvalue weighted by atomic mass is 10.0. The average Bonchev–Trinajstić information content (AvgIpc) is 2.52. The van der Waals surface area contributed by atoms with Gasteiger partial charge in [-0.2, -0.15) is 0 Å². The summed E-state index contributed by atoms with van der Waals surface area (Å²) in [6.45, 7) is 7.88. The Morgan fingerprint density at radius 3 is 2.04 bits per heavy atom. The highest BCUT2D eigenvalue weighted by Gasteiger charge is 2.16. The van der Waals surface area contributed by atoms with Gasteiger partial charge in [-0.1, -0.05) is 24.3 Å². The van der Waals surface area contributed by atoms with E-state index < -0.39 is 10.0 Å². The maximum atomic E-state index is 12.0. The standard InChI is InChI=1S/C19H26N2O2S/c1-14-10-16(3)18(11-15(14)2)13-20-12-17-6-8-19(9-7-17)24(22,23)21(4)5/h6-11,20H,12-13H2,1-5H3. The fraction of sp³-hybridized carbons (Fsp3) is 0.368. The van der Waals surface area contributed by atoms with Crippen LogP contribution in [0.3, 0.4) is 0 Å². The zero-order valence-electron chi connectivity index (χ0n) is 15.1. The first-order valence-electron chi connectivity index (χ1n) is 8.00. The number of aryl methyl sites for hydroxylation is 3. The Bertz CT molecular complexity index is 810. The van der Waals surface area contributed by atoms with E-state index in [0.717, 1.165) is 12.1 Å². The van der Waals surface area contributed by atoms with Crippen LogP contribution in [0.25, 0.3) is 0 Å². The Kier molecular flexibility index (Phi) is 5.80. The van der Waals surface area contributed by atoms with Gasteiger partial charge in [0, 0.05) is 27.2 Å². The number of sulfonamides is 1. The molecule has 0 fully saturated rings. The molecule has 5 heteroatoms. The molecule has 0 spiro atoms. The van der Waals surface area contributed by atoms with Crippen molar-refractivity contribution < 1.29 is 8.42 Å². The highest BCUT2D eigenvalue weighted by Crippen LogP contribution is 2.16. The van der Waals surface area contributed by atoms with Crippen molar-refractivity contribution >= 4 is 10.0 Å². The summed E-state index contributed by atoms with van der Waals surface area (Å²) in [6.07, 6.45) is 0. The number of hydrogen-bond donors (Lipinski definition) is 1. The molecule has 0 aliphatic rings. The number of nitrogens with one attached hydrogen (secondary N) is 1. The summed E-state index contributed by atoms with van der Waals surface area (Å²) in [5, 5.41) is 3.43. The van der Waals surface area contributed by atoms with Crippen LogP contribution in [-0.4, -0.2) is 26.8 Å². The molecule has 130 valence electrons. The predicted octanol–water partition coefficient (Wildman–Crippen LogP) is 3.15. The van der Waals surface area contributed by atoms with E-state index in [1.54, 1.807) is 12.1 Å². The summed E-state index contributed by atoms with van der Waals surface area (Å²) < 4.78 is 25.3. The van der Waals surface area contributed by atoms with Crippen LogP contribution in [-0.2, 0) is 23.1 Å². The molecule has 0 aliphatic carbocycles. The number of benzene rings is 2. The van der Waals surface area contributed by atoms with Gasteiger partial charge in [0.1, 0.15) is 0 Å². The molecule has 0 saturated heterocycles. The molecule has 2 aromatic rings. The normalized spacial score (nSPS) is 11.9. The van der Waals surface area contributed by atoms with Crippen LogP contribution >= 0.6 is 0 Å². The number of rotatable bonds is 6. The minimum Gasteiger partial charge on any atom is -0.309 e. The zero-order chi connectivity index (χ0) is 17.9.